The molecule has 0 aromatic heterocycles. The number of methoxy groups -OCH3 is 1. The molecule has 4 heteroatoms. The van der Waals surface area contributed by atoms with Crippen LogP contribution in [-0.2, 0) is 9.53 Å². The average molecular weight is 293 g/mol. The fraction of sp³-hybridized carbons (Fsp3) is 0.588. The first-order valence-corrected chi connectivity index (χ1v) is 7.72. The minimum Gasteiger partial charge on any atom is -0.467 e. The Morgan fingerprint density at radius 2 is 2.05 bits per heavy atom. The van der Waals surface area contributed by atoms with E-state index >= 15 is 0 Å². The monoisotopic (exact) mass is 293 g/mol. The second kappa shape index (κ2) is 6.92. The van der Waals surface area contributed by atoms with E-state index < -0.39 is 5.54 Å². The molecule has 116 valence electrons. The molecule has 0 heterocycles. The van der Waals surface area contributed by atoms with Crippen molar-refractivity contribution in [2.75, 3.05) is 12.4 Å². The summed E-state index contributed by atoms with van der Waals surface area (Å²) in [5.41, 5.74) is -0.418. The fourth-order valence-electron chi connectivity index (χ4n) is 3.26. The Kier molecular flexibility index (Phi) is 5.21. The number of benzene rings is 1. The molecule has 0 bridgehead atoms. The van der Waals surface area contributed by atoms with E-state index in [2.05, 4.69) is 12.2 Å². The molecule has 0 unspecified atom stereocenters. The lowest BCUT2D eigenvalue weighted by atomic mass is 9.75. The summed E-state index contributed by atoms with van der Waals surface area (Å²) < 4.78 is 18.8. The highest BCUT2D eigenvalue weighted by Gasteiger charge is 2.43. The van der Waals surface area contributed by atoms with Gasteiger partial charge in [-0.3, -0.25) is 0 Å². The smallest absolute Gasteiger partial charge is 0.331 e. The highest BCUT2D eigenvalue weighted by atomic mass is 19.1. The molecule has 1 aromatic rings. The number of hydrogen-bond donors (Lipinski definition) is 1. The van der Waals surface area contributed by atoms with Crippen LogP contribution in [0.1, 0.15) is 45.4 Å². The van der Waals surface area contributed by atoms with Gasteiger partial charge >= 0.3 is 5.97 Å². The van der Waals surface area contributed by atoms with Crippen LogP contribution in [0.2, 0.25) is 0 Å². The standard InChI is InChI=1S/C17H24FNO2/c1-3-6-13-9-11-17(12-10-13,16(20)21-2)19-15-8-5-4-7-14(15)18/h4-5,7-8,13,19H,3,6,9-12H2,1-2H3. The summed E-state index contributed by atoms with van der Waals surface area (Å²) in [6, 6.07) is 6.47. The largest absolute Gasteiger partial charge is 0.467 e. The normalized spacial score (nSPS) is 25.4. The Hall–Kier alpha value is -1.58. The van der Waals surface area contributed by atoms with Gasteiger partial charge in [0.25, 0.3) is 0 Å². The summed E-state index contributed by atoms with van der Waals surface area (Å²) in [5, 5.41) is 3.13. The molecule has 0 aliphatic heterocycles. The van der Waals surface area contributed by atoms with Crippen LogP contribution in [0.4, 0.5) is 10.1 Å². The molecule has 1 aliphatic carbocycles. The molecule has 1 saturated carbocycles. The molecule has 0 saturated heterocycles. The summed E-state index contributed by atoms with van der Waals surface area (Å²) in [4.78, 5) is 12.3. The van der Waals surface area contributed by atoms with Crippen LogP contribution >= 0.6 is 0 Å². The highest BCUT2D eigenvalue weighted by Crippen LogP contribution is 2.37. The molecule has 1 N–H and O–H groups in total. The van der Waals surface area contributed by atoms with Crippen LogP contribution in [0.25, 0.3) is 0 Å². The van der Waals surface area contributed by atoms with Crippen LogP contribution in [0, 0.1) is 11.7 Å². The molecule has 21 heavy (non-hydrogen) atoms. The van der Waals surface area contributed by atoms with Crippen LogP contribution in [0.3, 0.4) is 0 Å². The van der Waals surface area contributed by atoms with Gasteiger partial charge in [-0.05, 0) is 43.7 Å². The molecule has 1 aliphatic rings. The zero-order chi connectivity index (χ0) is 15.3. The molecule has 0 amide bonds. The summed E-state index contributed by atoms with van der Waals surface area (Å²) in [6.45, 7) is 2.18. The number of hydrogen-bond acceptors (Lipinski definition) is 3. The van der Waals surface area contributed by atoms with Gasteiger partial charge in [0.15, 0.2) is 0 Å². The van der Waals surface area contributed by atoms with Crippen molar-refractivity contribution < 1.29 is 13.9 Å². The lowest BCUT2D eigenvalue weighted by Gasteiger charge is -2.39. The van der Waals surface area contributed by atoms with E-state index in [0.717, 1.165) is 19.3 Å². The molecule has 2 rings (SSSR count). The van der Waals surface area contributed by atoms with Crippen molar-refractivity contribution in [2.45, 2.75) is 51.0 Å². The highest BCUT2D eigenvalue weighted by molar-refractivity contribution is 5.84. The number of rotatable bonds is 5. The molecule has 1 fully saturated rings. The van der Waals surface area contributed by atoms with Crippen molar-refractivity contribution in [1.29, 1.82) is 0 Å². The van der Waals surface area contributed by atoms with Gasteiger partial charge < -0.3 is 10.1 Å². The molecule has 0 spiro atoms. The maximum atomic E-state index is 13.9. The van der Waals surface area contributed by atoms with E-state index in [1.807, 2.05) is 0 Å². The predicted molar refractivity (Wildman–Crippen MR) is 81.6 cm³/mol. The van der Waals surface area contributed by atoms with Crippen molar-refractivity contribution in [1.82, 2.24) is 0 Å². The molecule has 1 aromatic carbocycles. The Morgan fingerprint density at radius 3 is 2.62 bits per heavy atom. The van der Waals surface area contributed by atoms with Crippen molar-refractivity contribution in [3.63, 3.8) is 0 Å². The maximum Gasteiger partial charge on any atom is 0.331 e. The molecule has 0 atom stereocenters. The SMILES string of the molecule is CCCC1CCC(Nc2ccccc2F)(C(=O)OC)CC1. The summed E-state index contributed by atoms with van der Waals surface area (Å²) in [5.74, 6) is 0.0346. The number of esters is 1. The number of ether oxygens (including phenoxy) is 1. The third-order valence-electron chi connectivity index (χ3n) is 4.48. The van der Waals surface area contributed by atoms with Gasteiger partial charge in [-0.2, -0.15) is 0 Å². The zero-order valence-electron chi connectivity index (χ0n) is 12.8. The van der Waals surface area contributed by atoms with Gasteiger partial charge in [0.05, 0.1) is 12.8 Å². The number of halogens is 1. The first kappa shape index (κ1) is 15.8. The van der Waals surface area contributed by atoms with Gasteiger partial charge in [-0.25, -0.2) is 9.18 Å². The quantitative estimate of drug-likeness (QED) is 0.829. The van der Waals surface area contributed by atoms with E-state index in [4.69, 9.17) is 4.74 Å². The molecule has 3 nitrogen and oxygen atoms in total. The summed E-state index contributed by atoms with van der Waals surface area (Å²) in [7, 11) is 1.39. The Balaban J connectivity index is 2.16. The topological polar surface area (TPSA) is 38.3 Å². The first-order chi connectivity index (χ1) is 10.1. The van der Waals surface area contributed by atoms with Crippen LogP contribution in [0.5, 0.6) is 0 Å². The Labute approximate surface area is 125 Å². The molecule has 0 radical (unpaired) electrons. The summed E-state index contributed by atoms with van der Waals surface area (Å²) >= 11 is 0. The molecular formula is C17H24FNO2. The van der Waals surface area contributed by atoms with Crippen molar-refractivity contribution >= 4 is 11.7 Å². The first-order valence-electron chi connectivity index (χ1n) is 7.72. The van der Waals surface area contributed by atoms with Crippen molar-refractivity contribution in [3.05, 3.63) is 30.1 Å². The van der Waals surface area contributed by atoms with Gasteiger partial charge in [0.1, 0.15) is 11.4 Å². The number of anilines is 1. The molecular weight excluding hydrogens is 269 g/mol. The minimum atomic E-state index is -0.790. The van der Waals surface area contributed by atoms with Crippen molar-refractivity contribution in [2.24, 2.45) is 5.92 Å². The van der Waals surface area contributed by atoms with Crippen LogP contribution in [-0.4, -0.2) is 18.6 Å². The number of carbonyl (C=O) groups excluding carboxylic acids is 1. The number of nitrogens with one attached hydrogen (secondary N) is 1. The average Bonchev–Trinajstić information content (AvgIpc) is 2.51. The Morgan fingerprint density at radius 1 is 1.38 bits per heavy atom. The lowest BCUT2D eigenvalue weighted by Crippen LogP contribution is -2.50. The van der Waals surface area contributed by atoms with Crippen LogP contribution < -0.4 is 5.32 Å². The van der Waals surface area contributed by atoms with Gasteiger partial charge in [0, 0.05) is 0 Å². The minimum absolute atomic E-state index is 0.291. The maximum absolute atomic E-state index is 13.9. The Bertz CT molecular complexity index is 481. The third kappa shape index (κ3) is 3.55. The predicted octanol–water partition coefficient (Wildman–Crippen LogP) is 4.14. The lowest BCUT2D eigenvalue weighted by molar-refractivity contribution is -0.147. The van der Waals surface area contributed by atoms with Crippen molar-refractivity contribution in [3.8, 4) is 0 Å². The second-order valence-corrected chi connectivity index (χ2v) is 5.91. The van der Waals surface area contributed by atoms with Gasteiger partial charge in [-0.1, -0.05) is 31.9 Å². The number of para-hydroxylation sites is 1. The van der Waals surface area contributed by atoms with E-state index in [9.17, 15) is 9.18 Å². The van der Waals surface area contributed by atoms with E-state index in [1.54, 1.807) is 18.2 Å². The van der Waals surface area contributed by atoms with E-state index in [1.165, 1.54) is 19.6 Å². The fourth-order valence-corrected chi connectivity index (χ4v) is 3.26. The number of carbonyl (C=O) groups is 1. The van der Waals surface area contributed by atoms with Crippen LogP contribution in [0.15, 0.2) is 24.3 Å². The summed E-state index contributed by atoms with van der Waals surface area (Å²) in [6.07, 6.45) is 5.69. The van der Waals surface area contributed by atoms with Gasteiger partial charge in [0.2, 0.25) is 0 Å². The van der Waals surface area contributed by atoms with E-state index in [0.29, 0.717) is 24.4 Å². The second-order valence-electron chi connectivity index (χ2n) is 5.91. The van der Waals surface area contributed by atoms with E-state index in [-0.39, 0.29) is 11.8 Å². The zero-order valence-corrected chi connectivity index (χ0v) is 12.8. The van der Waals surface area contributed by atoms with Gasteiger partial charge in [-0.15, -0.1) is 0 Å². The third-order valence-corrected chi connectivity index (χ3v) is 4.48.